The molecule has 0 saturated carbocycles. The predicted molar refractivity (Wildman–Crippen MR) is 67.1 cm³/mol. The third kappa shape index (κ3) is 2.53. The van der Waals surface area contributed by atoms with Crippen LogP contribution in [0.5, 0.6) is 11.6 Å². The molecular formula is C13H15N3O. The summed E-state index contributed by atoms with van der Waals surface area (Å²) in [6.07, 6.45) is 2.38. The molecule has 0 radical (unpaired) electrons. The molecule has 0 amide bonds. The van der Waals surface area contributed by atoms with Gasteiger partial charge in [-0.3, -0.25) is 0 Å². The van der Waals surface area contributed by atoms with Gasteiger partial charge in [0.25, 0.3) is 0 Å². The lowest BCUT2D eigenvalue weighted by Gasteiger charge is -2.09. The van der Waals surface area contributed by atoms with Crippen molar-refractivity contribution < 1.29 is 4.74 Å². The highest BCUT2D eigenvalue weighted by Crippen LogP contribution is 2.25. The molecule has 2 rings (SSSR count). The van der Waals surface area contributed by atoms with Crippen LogP contribution in [0.4, 0.5) is 5.82 Å². The lowest BCUT2D eigenvalue weighted by Crippen LogP contribution is -1.99. The van der Waals surface area contributed by atoms with Gasteiger partial charge in [0.05, 0.1) is 5.56 Å². The van der Waals surface area contributed by atoms with Crippen LogP contribution in [0.15, 0.2) is 30.6 Å². The van der Waals surface area contributed by atoms with Crippen LogP contribution in [0.3, 0.4) is 0 Å². The van der Waals surface area contributed by atoms with E-state index in [2.05, 4.69) is 23.0 Å². The van der Waals surface area contributed by atoms with E-state index in [-0.39, 0.29) is 0 Å². The van der Waals surface area contributed by atoms with Gasteiger partial charge in [0.2, 0.25) is 5.88 Å². The minimum absolute atomic E-state index is 0.446. The molecule has 4 heteroatoms. The van der Waals surface area contributed by atoms with Gasteiger partial charge in [-0.25, -0.2) is 9.97 Å². The smallest absolute Gasteiger partial charge is 0.227 e. The molecule has 0 unspecified atom stereocenters. The Morgan fingerprint density at radius 1 is 1.29 bits per heavy atom. The fourth-order valence-corrected chi connectivity index (χ4v) is 1.49. The van der Waals surface area contributed by atoms with Gasteiger partial charge in [0.1, 0.15) is 17.9 Å². The van der Waals surface area contributed by atoms with Crippen molar-refractivity contribution in [3.8, 4) is 11.6 Å². The number of nitrogens with zero attached hydrogens (tertiary/aromatic N) is 2. The van der Waals surface area contributed by atoms with Crippen LogP contribution in [-0.4, -0.2) is 9.97 Å². The number of benzene rings is 1. The zero-order valence-electron chi connectivity index (χ0n) is 9.97. The average molecular weight is 229 g/mol. The van der Waals surface area contributed by atoms with E-state index in [4.69, 9.17) is 10.5 Å². The van der Waals surface area contributed by atoms with Crippen molar-refractivity contribution in [1.29, 1.82) is 0 Å². The van der Waals surface area contributed by atoms with Crippen LogP contribution in [0.1, 0.15) is 18.1 Å². The number of ether oxygens (including phenoxy) is 1. The number of hydrogen-bond acceptors (Lipinski definition) is 4. The number of aromatic nitrogens is 2. The van der Waals surface area contributed by atoms with Crippen LogP contribution >= 0.6 is 0 Å². The van der Waals surface area contributed by atoms with Crippen LogP contribution in [0, 0.1) is 6.92 Å². The highest BCUT2D eigenvalue weighted by molar-refractivity contribution is 5.45. The highest BCUT2D eigenvalue weighted by Gasteiger charge is 2.06. The van der Waals surface area contributed by atoms with Gasteiger partial charge in [-0.2, -0.15) is 0 Å². The first-order valence-corrected chi connectivity index (χ1v) is 5.54. The number of anilines is 1. The van der Waals surface area contributed by atoms with E-state index in [1.165, 1.54) is 11.9 Å². The van der Waals surface area contributed by atoms with Crippen LogP contribution < -0.4 is 10.5 Å². The maximum absolute atomic E-state index is 5.70. The number of nitrogens with two attached hydrogens (primary N) is 1. The summed E-state index contributed by atoms with van der Waals surface area (Å²) < 4.78 is 5.70. The lowest BCUT2D eigenvalue weighted by molar-refractivity contribution is 0.457. The molecule has 17 heavy (non-hydrogen) atoms. The second-order valence-electron chi connectivity index (χ2n) is 3.79. The van der Waals surface area contributed by atoms with Crippen LogP contribution in [0.25, 0.3) is 0 Å². The van der Waals surface area contributed by atoms with Gasteiger partial charge < -0.3 is 10.5 Å². The Labute approximate surface area is 100 Å². The summed E-state index contributed by atoms with van der Waals surface area (Å²) in [5, 5.41) is 0. The summed E-state index contributed by atoms with van der Waals surface area (Å²) in [5.41, 5.74) is 7.68. The van der Waals surface area contributed by atoms with E-state index in [1.807, 2.05) is 25.1 Å². The fourth-order valence-electron chi connectivity index (χ4n) is 1.49. The highest BCUT2D eigenvalue weighted by atomic mass is 16.5. The van der Waals surface area contributed by atoms with Gasteiger partial charge in [0.15, 0.2) is 0 Å². The molecular weight excluding hydrogens is 214 g/mol. The first kappa shape index (κ1) is 11.4. The first-order chi connectivity index (χ1) is 8.20. The fraction of sp³-hybridized carbons (Fsp3) is 0.231. The summed E-state index contributed by atoms with van der Waals surface area (Å²) in [7, 11) is 0. The van der Waals surface area contributed by atoms with Crippen LogP contribution in [0.2, 0.25) is 0 Å². The third-order valence-corrected chi connectivity index (χ3v) is 2.60. The molecule has 0 spiro atoms. The van der Waals surface area contributed by atoms with Crippen molar-refractivity contribution in [3.63, 3.8) is 0 Å². The average Bonchev–Trinajstić information content (AvgIpc) is 2.35. The van der Waals surface area contributed by atoms with Gasteiger partial charge in [-0.1, -0.05) is 19.1 Å². The number of hydrogen-bond donors (Lipinski definition) is 1. The van der Waals surface area contributed by atoms with E-state index in [0.29, 0.717) is 11.7 Å². The summed E-state index contributed by atoms with van der Waals surface area (Å²) >= 11 is 0. The van der Waals surface area contributed by atoms with E-state index >= 15 is 0 Å². The molecule has 0 aliphatic rings. The molecule has 0 aliphatic heterocycles. The van der Waals surface area contributed by atoms with Crippen molar-refractivity contribution in [3.05, 3.63) is 41.7 Å². The van der Waals surface area contributed by atoms with Gasteiger partial charge >= 0.3 is 0 Å². The van der Waals surface area contributed by atoms with Crippen molar-refractivity contribution in [2.45, 2.75) is 20.3 Å². The van der Waals surface area contributed by atoms with Crippen LogP contribution in [-0.2, 0) is 6.42 Å². The minimum Gasteiger partial charge on any atom is -0.439 e. The molecule has 1 heterocycles. The summed E-state index contributed by atoms with van der Waals surface area (Å²) in [5.74, 6) is 1.72. The van der Waals surface area contributed by atoms with E-state index in [0.717, 1.165) is 17.7 Å². The van der Waals surface area contributed by atoms with Crippen molar-refractivity contribution in [1.82, 2.24) is 9.97 Å². The summed E-state index contributed by atoms with van der Waals surface area (Å²) in [6, 6.07) is 7.93. The predicted octanol–water partition coefficient (Wildman–Crippen LogP) is 2.72. The second-order valence-corrected chi connectivity index (χ2v) is 3.79. The molecule has 0 aliphatic carbocycles. The van der Waals surface area contributed by atoms with Crippen molar-refractivity contribution >= 4 is 5.82 Å². The zero-order chi connectivity index (χ0) is 12.3. The number of nitrogen functional groups attached to an aromatic ring is 1. The molecule has 1 aromatic carbocycles. The summed E-state index contributed by atoms with van der Waals surface area (Å²) in [6.45, 7) is 3.95. The van der Waals surface area contributed by atoms with Gasteiger partial charge in [-0.15, -0.1) is 0 Å². The largest absolute Gasteiger partial charge is 0.439 e. The molecule has 0 fully saturated rings. The molecule has 4 nitrogen and oxygen atoms in total. The van der Waals surface area contributed by atoms with Gasteiger partial charge in [0, 0.05) is 0 Å². The van der Waals surface area contributed by atoms with Crippen molar-refractivity contribution in [2.24, 2.45) is 0 Å². The quantitative estimate of drug-likeness (QED) is 0.879. The van der Waals surface area contributed by atoms with E-state index in [9.17, 15) is 0 Å². The van der Waals surface area contributed by atoms with E-state index in [1.54, 1.807) is 0 Å². The second kappa shape index (κ2) is 4.82. The maximum Gasteiger partial charge on any atom is 0.227 e. The Morgan fingerprint density at radius 2 is 2.12 bits per heavy atom. The molecule has 0 atom stereocenters. The standard InChI is InChI=1S/C13H15N3O/c1-3-10-5-4-6-11(7-10)17-13-9(2)12(14)15-8-16-13/h4-8H,3H2,1-2H3,(H2,14,15,16). The Morgan fingerprint density at radius 3 is 2.88 bits per heavy atom. The molecule has 2 N–H and O–H groups in total. The molecule has 0 bridgehead atoms. The zero-order valence-corrected chi connectivity index (χ0v) is 9.97. The normalized spacial score (nSPS) is 10.2. The van der Waals surface area contributed by atoms with E-state index < -0.39 is 0 Å². The molecule has 1 aromatic heterocycles. The minimum atomic E-state index is 0.446. The monoisotopic (exact) mass is 229 g/mol. The molecule has 0 saturated heterocycles. The van der Waals surface area contributed by atoms with Crippen molar-refractivity contribution in [2.75, 3.05) is 5.73 Å². The SMILES string of the molecule is CCc1cccc(Oc2ncnc(N)c2C)c1. The first-order valence-electron chi connectivity index (χ1n) is 5.54. The Balaban J connectivity index is 2.28. The maximum atomic E-state index is 5.70. The number of aryl methyl sites for hydroxylation is 1. The topological polar surface area (TPSA) is 61.0 Å². The molecule has 88 valence electrons. The Kier molecular flexibility index (Phi) is 3.23. The van der Waals surface area contributed by atoms with Gasteiger partial charge in [-0.05, 0) is 31.0 Å². The lowest BCUT2D eigenvalue weighted by atomic mass is 10.2. The Hall–Kier alpha value is -2.10. The number of rotatable bonds is 3. The molecule has 2 aromatic rings. The summed E-state index contributed by atoms with van der Waals surface area (Å²) in [4.78, 5) is 7.98. The third-order valence-electron chi connectivity index (χ3n) is 2.60. The Bertz CT molecular complexity index is 526.